The van der Waals surface area contributed by atoms with Crippen molar-refractivity contribution in [3.8, 4) is 5.75 Å². The first-order valence-electron chi connectivity index (χ1n) is 13.3. The third-order valence-corrected chi connectivity index (χ3v) is 12.8. The minimum Gasteiger partial charge on any atom is -0.547 e. The quantitative estimate of drug-likeness (QED) is 0.250. The molecule has 0 unspecified atom stereocenters. The molecule has 0 aliphatic heterocycles. The maximum absolute atomic E-state index is 12.8. The molecule has 2 aliphatic rings. The van der Waals surface area contributed by atoms with E-state index in [1.807, 2.05) is 24.3 Å². The third kappa shape index (κ3) is 5.95. The Balaban J connectivity index is 1.56. The van der Waals surface area contributed by atoms with Gasteiger partial charge in [-0.05, 0) is 71.6 Å². The average molecular weight is 507 g/mol. The maximum atomic E-state index is 12.8. The van der Waals surface area contributed by atoms with Gasteiger partial charge in [-0.2, -0.15) is 0 Å². The fourth-order valence-corrected chi connectivity index (χ4v) is 6.39. The number of allylic oxidation sites excluding steroid dienone is 2. The predicted molar refractivity (Wildman–Crippen MR) is 147 cm³/mol. The summed E-state index contributed by atoms with van der Waals surface area (Å²) in [6, 6.07) is 18.6. The Labute approximate surface area is 218 Å². The first-order chi connectivity index (χ1) is 17.1. The van der Waals surface area contributed by atoms with Crippen LogP contribution in [-0.2, 0) is 27.0 Å². The summed E-state index contributed by atoms with van der Waals surface area (Å²) in [5, 5.41) is 0.126. The molecular weight excluding hydrogens is 464 g/mol. The van der Waals surface area contributed by atoms with Crippen LogP contribution in [-0.4, -0.2) is 27.8 Å². The zero-order valence-corrected chi connectivity index (χ0v) is 23.8. The van der Waals surface area contributed by atoms with Gasteiger partial charge >= 0.3 is 0 Å². The van der Waals surface area contributed by atoms with Gasteiger partial charge in [-0.15, -0.1) is 0 Å². The minimum absolute atomic E-state index is 0.111. The van der Waals surface area contributed by atoms with E-state index in [0.29, 0.717) is 31.3 Å². The van der Waals surface area contributed by atoms with Gasteiger partial charge in [0.05, 0.1) is 19.5 Å². The molecular formula is C31H42O4Si. The number of hydrogen-bond donors (Lipinski definition) is 0. The van der Waals surface area contributed by atoms with Gasteiger partial charge in [0.25, 0.3) is 0 Å². The lowest BCUT2D eigenvalue weighted by Crippen LogP contribution is -2.48. The van der Waals surface area contributed by atoms with Gasteiger partial charge < -0.3 is 13.9 Å². The maximum Gasteiger partial charge on any atom is 0.250 e. The number of rotatable bonds is 10. The van der Waals surface area contributed by atoms with Crippen LogP contribution in [0.4, 0.5) is 0 Å². The van der Waals surface area contributed by atoms with Crippen molar-refractivity contribution in [2.24, 2.45) is 17.8 Å². The molecule has 3 atom stereocenters. The zero-order chi connectivity index (χ0) is 25.9. The van der Waals surface area contributed by atoms with Crippen LogP contribution in [0.1, 0.15) is 51.2 Å². The second kappa shape index (κ2) is 10.9. The van der Waals surface area contributed by atoms with E-state index in [1.54, 1.807) is 7.11 Å². The van der Waals surface area contributed by atoms with E-state index in [4.69, 9.17) is 13.9 Å². The Hall–Kier alpha value is -2.37. The number of hydrogen-bond acceptors (Lipinski definition) is 4. The fourth-order valence-electron chi connectivity index (χ4n) is 5.26. The van der Waals surface area contributed by atoms with Crippen molar-refractivity contribution < 1.29 is 18.7 Å². The van der Waals surface area contributed by atoms with E-state index >= 15 is 0 Å². The molecule has 0 bridgehead atoms. The predicted octanol–water partition coefficient (Wildman–Crippen LogP) is 7.35. The van der Waals surface area contributed by atoms with E-state index < -0.39 is 8.32 Å². The van der Waals surface area contributed by atoms with Crippen LogP contribution < -0.4 is 4.74 Å². The van der Waals surface area contributed by atoms with Crippen molar-refractivity contribution in [2.75, 3.05) is 13.7 Å². The van der Waals surface area contributed by atoms with Gasteiger partial charge in [0, 0.05) is 25.4 Å². The minimum atomic E-state index is -2.00. The highest BCUT2D eigenvalue weighted by Gasteiger charge is 2.51. The normalized spacial score (nSPS) is 22.2. The molecule has 0 saturated heterocycles. The summed E-state index contributed by atoms with van der Waals surface area (Å²) in [4.78, 5) is 12.8. The largest absolute Gasteiger partial charge is 0.547 e. The number of carbonyl (C=O) groups is 1. The summed E-state index contributed by atoms with van der Waals surface area (Å²) < 4.78 is 18.4. The molecule has 1 fully saturated rings. The molecule has 0 aromatic heterocycles. The molecule has 4 nitrogen and oxygen atoms in total. The van der Waals surface area contributed by atoms with Crippen molar-refractivity contribution in [3.05, 3.63) is 77.1 Å². The Morgan fingerprint density at radius 3 is 2.25 bits per heavy atom. The van der Waals surface area contributed by atoms with Gasteiger partial charge in [-0.3, -0.25) is 4.79 Å². The van der Waals surface area contributed by atoms with Crippen LogP contribution in [0.3, 0.4) is 0 Å². The van der Waals surface area contributed by atoms with Gasteiger partial charge in [-0.25, -0.2) is 0 Å². The van der Waals surface area contributed by atoms with E-state index in [1.165, 1.54) is 16.9 Å². The number of Topliss-reactive ketones (excluding diaryl/α,β-unsaturated/α-hetero) is 1. The van der Waals surface area contributed by atoms with Crippen molar-refractivity contribution in [3.63, 3.8) is 0 Å². The Morgan fingerprint density at radius 1 is 0.944 bits per heavy atom. The molecule has 2 aliphatic carbocycles. The van der Waals surface area contributed by atoms with Crippen molar-refractivity contribution in [1.82, 2.24) is 0 Å². The molecule has 0 spiro atoms. The summed E-state index contributed by atoms with van der Waals surface area (Å²) in [5.41, 5.74) is 3.73. The number of fused-ring (bicyclic) bond motifs is 1. The van der Waals surface area contributed by atoms with Crippen LogP contribution in [0.25, 0.3) is 0 Å². The van der Waals surface area contributed by atoms with E-state index in [0.717, 1.165) is 30.6 Å². The van der Waals surface area contributed by atoms with Gasteiger partial charge in [-0.1, -0.05) is 63.2 Å². The summed E-state index contributed by atoms with van der Waals surface area (Å²) in [7, 11) is -0.325. The van der Waals surface area contributed by atoms with Gasteiger partial charge in [0.1, 0.15) is 11.5 Å². The lowest BCUT2D eigenvalue weighted by atomic mass is 9.58. The smallest absolute Gasteiger partial charge is 0.250 e. The van der Waals surface area contributed by atoms with Crippen molar-refractivity contribution in [2.45, 2.75) is 71.2 Å². The molecule has 2 aromatic rings. The highest BCUT2D eigenvalue weighted by molar-refractivity contribution is 6.74. The Morgan fingerprint density at radius 2 is 1.64 bits per heavy atom. The third-order valence-electron chi connectivity index (χ3n) is 8.45. The molecule has 0 radical (unpaired) electrons. The molecule has 2 aromatic carbocycles. The monoisotopic (exact) mass is 506 g/mol. The number of ketones is 1. The fraction of sp³-hybridized carbons (Fsp3) is 0.516. The van der Waals surface area contributed by atoms with Crippen LogP contribution in [0.15, 0.2) is 65.9 Å². The molecule has 4 rings (SSSR count). The van der Waals surface area contributed by atoms with Crippen LogP contribution in [0.2, 0.25) is 18.1 Å². The van der Waals surface area contributed by atoms with Crippen LogP contribution >= 0.6 is 0 Å². The number of ether oxygens (including phenoxy) is 2. The second-order valence-electron chi connectivity index (χ2n) is 11.9. The van der Waals surface area contributed by atoms with E-state index in [9.17, 15) is 4.79 Å². The number of carbonyl (C=O) groups excluding carboxylic acids is 1. The van der Waals surface area contributed by atoms with Crippen LogP contribution in [0.5, 0.6) is 5.75 Å². The summed E-state index contributed by atoms with van der Waals surface area (Å²) in [6.45, 7) is 12.7. The molecule has 194 valence electrons. The SMILES string of the molecule is COc1ccc(COCC[C@H]2C(Cc3ccccc3)=C(O[Si](C)(C)C(C)(C)C)C[C@H]3CC(=O)[C@H]32)cc1. The molecule has 0 N–H and O–H groups in total. The molecule has 36 heavy (non-hydrogen) atoms. The molecule has 0 amide bonds. The molecule has 5 heteroatoms. The lowest BCUT2D eigenvalue weighted by molar-refractivity contribution is -0.138. The molecule has 1 saturated carbocycles. The van der Waals surface area contributed by atoms with Gasteiger partial charge in [0.15, 0.2) is 0 Å². The highest BCUT2D eigenvalue weighted by atomic mass is 28.4. The number of benzene rings is 2. The topological polar surface area (TPSA) is 44.8 Å². The van der Waals surface area contributed by atoms with Crippen LogP contribution in [0, 0.1) is 17.8 Å². The highest BCUT2D eigenvalue weighted by Crippen LogP contribution is 2.52. The van der Waals surface area contributed by atoms with E-state index in [2.05, 4.69) is 64.2 Å². The Kier molecular flexibility index (Phi) is 8.11. The Bertz CT molecular complexity index is 1070. The van der Waals surface area contributed by atoms with Crippen molar-refractivity contribution in [1.29, 1.82) is 0 Å². The average Bonchev–Trinajstić information content (AvgIpc) is 2.83. The lowest BCUT2D eigenvalue weighted by Gasteiger charge is -2.48. The standard InChI is InChI=1S/C31H42O4Si/c1-31(2,3)36(5,6)35-29-20-24-19-28(32)30(24)26(27(29)18-22-10-8-7-9-11-22)16-17-34-21-23-12-14-25(33-4)15-13-23/h7-15,24,26,30H,16-21H2,1-6H3/t24-,26+,30-/m1/s1. The summed E-state index contributed by atoms with van der Waals surface area (Å²) >= 11 is 0. The summed E-state index contributed by atoms with van der Waals surface area (Å²) in [5.74, 6) is 3.13. The second-order valence-corrected chi connectivity index (χ2v) is 16.7. The number of methoxy groups -OCH3 is 1. The summed E-state index contributed by atoms with van der Waals surface area (Å²) in [6.07, 6.45) is 3.27. The molecule has 0 heterocycles. The van der Waals surface area contributed by atoms with Gasteiger partial charge in [0.2, 0.25) is 8.32 Å². The van der Waals surface area contributed by atoms with Crippen molar-refractivity contribution >= 4 is 14.1 Å². The van der Waals surface area contributed by atoms with E-state index in [-0.39, 0.29) is 16.9 Å². The zero-order valence-electron chi connectivity index (χ0n) is 22.8. The first kappa shape index (κ1) is 26.7. The first-order valence-corrected chi connectivity index (χ1v) is 16.2.